The smallest absolute Gasteiger partial charge is 0.238 e. The Bertz CT molecular complexity index is 1590. The molecule has 0 spiro atoms. The van der Waals surface area contributed by atoms with E-state index >= 15 is 0 Å². The van der Waals surface area contributed by atoms with Crippen molar-refractivity contribution in [3.05, 3.63) is 75.8 Å². The van der Waals surface area contributed by atoms with Crippen LogP contribution in [-0.4, -0.2) is 50.9 Å². The van der Waals surface area contributed by atoms with Crippen LogP contribution in [0.3, 0.4) is 0 Å². The number of ether oxygens (including phenoxy) is 2. The van der Waals surface area contributed by atoms with Crippen LogP contribution in [-0.2, 0) is 11.4 Å². The molecule has 1 saturated heterocycles. The van der Waals surface area contributed by atoms with E-state index in [4.69, 9.17) is 29.0 Å². The molecule has 2 fully saturated rings. The molecule has 5 rings (SSSR count). The van der Waals surface area contributed by atoms with Gasteiger partial charge in [0.15, 0.2) is 0 Å². The molecule has 224 valence electrons. The van der Waals surface area contributed by atoms with Crippen molar-refractivity contribution >= 4 is 46.5 Å². The maximum atomic E-state index is 13.1. The number of carbonyl (C=O) groups is 1. The number of halogens is 1. The average molecular weight is 651 g/mol. The highest BCUT2D eigenvalue weighted by molar-refractivity contribution is 9.10. The first-order valence-corrected chi connectivity index (χ1v) is 15.7. The third-order valence-electron chi connectivity index (χ3n) is 8.35. The summed E-state index contributed by atoms with van der Waals surface area (Å²) in [4.78, 5) is 15.3. The Balaban J connectivity index is 1.09. The minimum absolute atomic E-state index is 0.0459. The van der Waals surface area contributed by atoms with E-state index in [9.17, 15) is 4.79 Å². The normalized spacial score (nSPS) is 15.9. The number of nitrogens with one attached hydrogen (secondary N) is 2. The number of aryl methyl sites for hydroxylation is 1. The standard InChI is InChI=1S/C35H36BBrN4O3/c1-3-25-7-8-26(31(36)18-25)22-43-29-5-4-6-30(20-29)44-28-9-15-41(16-10-28)21-33(42)40-34-24(2)17-27(37)19-32(34)39-23-35(11-12-35)13-14-38/h1,4-8,17-20,28,39H,9-13,15-16,21-23H2,2H3,(H,40,42). The molecule has 3 aromatic rings. The molecule has 0 bridgehead atoms. The van der Waals surface area contributed by atoms with E-state index in [1.807, 2.05) is 55.5 Å². The zero-order valence-electron chi connectivity index (χ0n) is 25.0. The minimum Gasteiger partial charge on any atom is -0.490 e. The van der Waals surface area contributed by atoms with Gasteiger partial charge in [-0.05, 0) is 74.1 Å². The predicted molar refractivity (Wildman–Crippen MR) is 179 cm³/mol. The van der Waals surface area contributed by atoms with Gasteiger partial charge in [0, 0.05) is 47.6 Å². The van der Waals surface area contributed by atoms with Crippen LogP contribution in [0.5, 0.6) is 11.5 Å². The molecule has 7 nitrogen and oxygen atoms in total. The summed E-state index contributed by atoms with van der Waals surface area (Å²) in [5, 5.41) is 15.8. The Morgan fingerprint density at radius 2 is 1.93 bits per heavy atom. The highest BCUT2D eigenvalue weighted by atomic mass is 79.9. The molecule has 44 heavy (non-hydrogen) atoms. The molecule has 0 atom stereocenters. The van der Waals surface area contributed by atoms with Crippen molar-refractivity contribution < 1.29 is 14.3 Å². The van der Waals surface area contributed by atoms with Gasteiger partial charge in [-0.25, -0.2) is 0 Å². The van der Waals surface area contributed by atoms with E-state index in [0.717, 1.165) is 83.6 Å². The fourth-order valence-electron chi connectivity index (χ4n) is 5.47. The van der Waals surface area contributed by atoms with Gasteiger partial charge in [-0.2, -0.15) is 5.26 Å². The number of nitriles is 1. The number of anilines is 2. The van der Waals surface area contributed by atoms with Crippen molar-refractivity contribution in [1.29, 1.82) is 5.26 Å². The topological polar surface area (TPSA) is 86.6 Å². The largest absolute Gasteiger partial charge is 0.490 e. The van der Waals surface area contributed by atoms with Gasteiger partial charge in [-0.15, -0.1) is 6.42 Å². The molecule has 1 saturated carbocycles. The Labute approximate surface area is 269 Å². The van der Waals surface area contributed by atoms with Crippen molar-refractivity contribution in [3.8, 4) is 29.9 Å². The molecular formula is C35H36BBrN4O3. The quantitative estimate of drug-likeness (QED) is 0.193. The molecule has 0 unspecified atom stereocenters. The van der Waals surface area contributed by atoms with Crippen LogP contribution >= 0.6 is 15.9 Å². The van der Waals surface area contributed by atoms with E-state index in [2.05, 4.69) is 43.5 Å². The van der Waals surface area contributed by atoms with Gasteiger partial charge in [0.2, 0.25) is 5.91 Å². The first-order valence-electron chi connectivity index (χ1n) is 14.9. The number of likely N-dealkylation sites (tertiary alicyclic amines) is 1. The Morgan fingerprint density at radius 1 is 1.16 bits per heavy atom. The van der Waals surface area contributed by atoms with Crippen LogP contribution in [0.1, 0.15) is 48.8 Å². The van der Waals surface area contributed by atoms with Gasteiger partial charge >= 0.3 is 0 Å². The molecule has 2 N–H and O–H groups in total. The maximum absolute atomic E-state index is 13.1. The molecular weight excluding hydrogens is 615 g/mol. The molecule has 9 heteroatoms. The lowest BCUT2D eigenvalue weighted by atomic mass is 9.89. The highest BCUT2D eigenvalue weighted by Gasteiger charge is 2.42. The number of hydrogen-bond acceptors (Lipinski definition) is 6. The summed E-state index contributed by atoms with van der Waals surface area (Å²) in [6, 6.07) is 19.4. The summed E-state index contributed by atoms with van der Waals surface area (Å²) in [6.45, 7) is 4.89. The lowest BCUT2D eigenvalue weighted by molar-refractivity contribution is -0.117. The Hall–Kier alpha value is -3.92. The van der Waals surface area contributed by atoms with Crippen molar-refractivity contribution in [2.24, 2.45) is 5.41 Å². The first kappa shape index (κ1) is 31.5. The number of nitrogens with zero attached hydrogens (tertiary/aromatic N) is 2. The van der Waals surface area contributed by atoms with Gasteiger partial charge in [-0.1, -0.05) is 45.5 Å². The summed E-state index contributed by atoms with van der Waals surface area (Å²) in [5.41, 5.74) is 4.91. The van der Waals surface area contributed by atoms with E-state index in [1.54, 1.807) is 6.07 Å². The van der Waals surface area contributed by atoms with Crippen molar-refractivity contribution in [1.82, 2.24) is 4.90 Å². The van der Waals surface area contributed by atoms with Gasteiger partial charge in [0.25, 0.3) is 0 Å². The second kappa shape index (κ2) is 14.2. The molecule has 3 aromatic carbocycles. The van der Waals surface area contributed by atoms with Crippen LogP contribution in [0.25, 0.3) is 0 Å². The van der Waals surface area contributed by atoms with Gasteiger partial charge in [0.05, 0.1) is 24.0 Å². The van der Waals surface area contributed by atoms with Crippen LogP contribution in [0.15, 0.2) is 59.1 Å². The summed E-state index contributed by atoms with van der Waals surface area (Å²) in [7, 11) is 6.11. The highest BCUT2D eigenvalue weighted by Crippen LogP contribution is 2.49. The predicted octanol–water partition coefficient (Wildman–Crippen LogP) is 5.70. The number of amides is 1. The number of carbonyl (C=O) groups excluding carboxylic acids is 1. The second-order valence-electron chi connectivity index (χ2n) is 11.8. The maximum Gasteiger partial charge on any atom is 0.238 e. The van der Waals surface area contributed by atoms with Gasteiger partial charge in [-0.3, -0.25) is 9.69 Å². The number of benzene rings is 3. The molecule has 1 aliphatic carbocycles. The van der Waals surface area contributed by atoms with Crippen LogP contribution in [0.4, 0.5) is 11.4 Å². The van der Waals surface area contributed by atoms with Crippen LogP contribution in [0, 0.1) is 36.0 Å². The van der Waals surface area contributed by atoms with E-state index in [-0.39, 0.29) is 17.4 Å². The minimum atomic E-state index is -0.0459. The first-order chi connectivity index (χ1) is 21.3. The fraction of sp³-hybridized carbons (Fsp3) is 0.371. The molecule has 0 aromatic heterocycles. The lowest BCUT2D eigenvalue weighted by Gasteiger charge is -2.31. The average Bonchev–Trinajstić information content (AvgIpc) is 3.78. The fourth-order valence-corrected chi connectivity index (χ4v) is 6.04. The summed E-state index contributed by atoms with van der Waals surface area (Å²) in [6.07, 6.45) is 9.81. The molecule has 1 aliphatic heterocycles. The zero-order chi connectivity index (χ0) is 31.1. The van der Waals surface area contributed by atoms with E-state index in [0.29, 0.717) is 30.8 Å². The summed E-state index contributed by atoms with van der Waals surface area (Å²) in [5.74, 6) is 3.99. The lowest BCUT2D eigenvalue weighted by Crippen LogP contribution is -2.42. The molecule has 2 radical (unpaired) electrons. The van der Waals surface area contributed by atoms with Crippen LogP contribution < -0.4 is 25.6 Å². The van der Waals surface area contributed by atoms with Crippen molar-refractivity contribution in [2.45, 2.75) is 51.7 Å². The summed E-state index contributed by atoms with van der Waals surface area (Å²) >= 11 is 3.58. The summed E-state index contributed by atoms with van der Waals surface area (Å²) < 4.78 is 13.2. The van der Waals surface area contributed by atoms with Crippen molar-refractivity contribution in [2.75, 3.05) is 36.8 Å². The number of rotatable bonds is 12. The number of terminal acetylenes is 1. The third kappa shape index (κ3) is 8.37. The number of piperidine rings is 1. The number of hydrogen-bond donors (Lipinski definition) is 2. The Kier molecular flexibility index (Phi) is 10.2. The zero-order valence-corrected chi connectivity index (χ0v) is 26.6. The van der Waals surface area contributed by atoms with Crippen molar-refractivity contribution in [3.63, 3.8) is 0 Å². The third-order valence-corrected chi connectivity index (χ3v) is 8.80. The Morgan fingerprint density at radius 3 is 2.64 bits per heavy atom. The van der Waals surface area contributed by atoms with E-state index < -0.39 is 0 Å². The van der Waals surface area contributed by atoms with Gasteiger partial charge < -0.3 is 20.1 Å². The van der Waals surface area contributed by atoms with Gasteiger partial charge in [0.1, 0.15) is 32.1 Å². The van der Waals surface area contributed by atoms with E-state index in [1.165, 1.54) is 0 Å². The molecule has 1 heterocycles. The van der Waals surface area contributed by atoms with Crippen LogP contribution in [0.2, 0.25) is 0 Å². The molecule has 2 aliphatic rings. The SMILES string of the molecule is [B]c1cc(C#C)ccc1COc1cccc(OC2CCN(CC(=O)Nc3c(C)cc(Br)cc3NCC3(CC#N)CC3)CC2)c1. The monoisotopic (exact) mass is 650 g/mol. The second-order valence-corrected chi connectivity index (χ2v) is 12.7. The molecule has 1 amide bonds.